The summed E-state index contributed by atoms with van der Waals surface area (Å²) < 4.78 is 0. The van der Waals surface area contributed by atoms with Crippen molar-refractivity contribution in [1.29, 1.82) is 0 Å². The van der Waals surface area contributed by atoms with Crippen LogP contribution in [0.15, 0.2) is 72.8 Å². The number of fused-ring (bicyclic) bond motifs is 1. The summed E-state index contributed by atoms with van der Waals surface area (Å²) in [6.07, 6.45) is 1.80. The highest BCUT2D eigenvalue weighted by Gasteiger charge is 2.36. The summed E-state index contributed by atoms with van der Waals surface area (Å²) in [4.78, 5) is 25.3. The molecule has 0 aromatic heterocycles. The van der Waals surface area contributed by atoms with Crippen molar-refractivity contribution in [3.8, 4) is 0 Å². The Balaban J connectivity index is 1.65. The van der Waals surface area contributed by atoms with Gasteiger partial charge in [0.2, 0.25) is 0 Å². The molecule has 1 aliphatic heterocycles. The number of aliphatic hydroxyl groups excluding tert-OH is 1. The number of benzene rings is 3. The summed E-state index contributed by atoms with van der Waals surface area (Å²) in [6.45, 7) is 2.96. The molecule has 7 heteroatoms. The standard InChI is InChI=1S/C30H33ClN2O4/c1-2-5-25(20-8-10-23(11-9-20)29(36)32-18-16-27(34)35)28(22-12-14-24(31)15-13-22)30(37)33-19-17-21-6-3-4-7-26(21)33/h3-4,6-15,25,28,30,37H,2,5,16-19H2,1H3,(H,32,36)(H,34,35). The summed E-state index contributed by atoms with van der Waals surface area (Å²) >= 11 is 6.20. The third-order valence-corrected chi connectivity index (χ3v) is 7.33. The van der Waals surface area contributed by atoms with Crippen LogP contribution in [0.3, 0.4) is 0 Å². The molecule has 0 spiro atoms. The summed E-state index contributed by atoms with van der Waals surface area (Å²) in [5.74, 6) is -1.48. The lowest BCUT2D eigenvalue weighted by atomic mass is 9.77. The fraction of sp³-hybridized carbons (Fsp3) is 0.333. The largest absolute Gasteiger partial charge is 0.481 e. The van der Waals surface area contributed by atoms with Gasteiger partial charge >= 0.3 is 5.97 Å². The minimum Gasteiger partial charge on any atom is -0.481 e. The summed E-state index contributed by atoms with van der Waals surface area (Å²) in [5, 5.41) is 24.0. The zero-order valence-electron chi connectivity index (χ0n) is 20.9. The van der Waals surface area contributed by atoms with E-state index in [0.29, 0.717) is 10.6 Å². The Hall–Kier alpha value is -3.35. The molecule has 4 rings (SSSR count). The first-order valence-electron chi connectivity index (χ1n) is 12.8. The molecule has 0 bridgehead atoms. The first kappa shape index (κ1) is 26.7. The van der Waals surface area contributed by atoms with Gasteiger partial charge in [-0.15, -0.1) is 0 Å². The number of rotatable bonds is 11. The number of para-hydroxylation sites is 1. The molecule has 6 nitrogen and oxygen atoms in total. The van der Waals surface area contributed by atoms with Crippen molar-refractivity contribution in [2.75, 3.05) is 18.0 Å². The molecule has 37 heavy (non-hydrogen) atoms. The number of anilines is 1. The van der Waals surface area contributed by atoms with Crippen LogP contribution in [0.1, 0.15) is 65.1 Å². The van der Waals surface area contributed by atoms with Gasteiger partial charge in [0.05, 0.1) is 6.42 Å². The number of amides is 1. The van der Waals surface area contributed by atoms with Crippen LogP contribution in [0.5, 0.6) is 0 Å². The lowest BCUT2D eigenvalue weighted by Gasteiger charge is -2.38. The van der Waals surface area contributed by atoms with Gasteiger partial charge in [0, 0.05) is 35.3 Å². The summed E-state index contributed by atoms with van der Waals surface area (Å²) in [5.41, 5.74) is 4.83. The SMILES string of the molecule is CCCC(c1ccc(C(=O)NCCC(=O)O)cc1)C(c1ccc(Cl)cc1)C(O)N1CCc2ccccc21. The molecular formula is C30H33ClN2O4. The quantitative estimate of drug-likeness (QED) is 0.306. The van der Waals surface area contributed by atoms with Crippen LogP contribution >= 0.6 is 11.6 Å². The Bertz CT molecular complexity index is 1210. The topological polar surface area (TPSA) is 89.9 Å². The van der Waals surface area contributed by atoms with Crippen molar-refractivity contribution < 1.29 is 19.8 Å². The van der Waals surface area contributed by atoms with Gasteiger partial charge in [0.1, 0.15) is 6.23 Å². The van der Waals surface area contributed by atoms with Crippen LogP contribution in [-0.4, -0.2) is 41.4 Å². The molecule has 1 amide bonds. The van der Waals surface area contributed by atoms with E-state index in [1.807, 2.05) is 48.5 Å². The Morgan fingerprint density at radius 2 is 1.68 bits per heavy atom. The Kier molecular flexibility index (Phi) is 8.85. The van der Waals surface area contributed by atoms with Crippen molar-refractivity contribution in [2.24, 2.45) is 0 Å². The summed E-state index contributed by atoms with van der Waals surface area (Å²) in [7, 11) is 0. The highest BCUT2D eigenvalue weighted by atomic mass is 35.5. The highest BCUT2D eigenvalue weighted by molar-refractivity contribution is 6.30. The van der Waals surface area contributed by atoms with E-state index in [-0.39, 0.29) is 30.7 Å². The third-order valence-electron chi connectivity index (χ3n) is 7.08. The lowest BCUT2D eigenvalue weighted by Crippen LogP contribution is -2.41. The molecule has 0 saturated heterocycles. The molecule has 3 N–H and O–H groups in total. The predicted molar refractivity (Wildman–Crippen MR) is 146 cm³/mol. The van der Waals surface area contributed by atoms with Gasteiger partial charge in [-0.05, 0) is 65.8 Å². The molecule has 1 aliphatic rings. The van der Waals surface area contributed by atoms with E-state index in [0.717, 1.165) is 42.6 Å². The molecular weight excluding hydrogens is 488 g/mol. The number of carboxylic acids is 1. The number of carbonyl (C=O) groups is 2. The number of carbonyl (C=O) groups excluding carboxylic acids is 1. The zero-order valence-corrected chi connectivity index (χ0v) is 21.7. The second-order valence-corrected chi connectivity index (χ2v) is 9.92. The van der Waals surface area contributed by atoms with Gasteiger partial charge in [-0.2, -0.15) is 0 Å². The summed E-state index contributed by atoms with van der Waals surface area (Å²) in [6, 6.07) is 23.4. The maximum Gasteiger partial charge on any atom is 0.305 e. The maximum absolute atomic E-state index is 12.5. The molecule has 3 aromatic carbocycles. The van der Waals surface area contributed by atoms with Crippen LogP contribution in [0.4, 0.5) is 5.69 Å². The van der Waals surface area contributed by atoms with E-state index < -0.39 is 12.2 Å². The van der Waals surface area contributed by atoms with Crippen LogP contribution in [0.2, 0.25) is 5.02 Å². The highest BCUT2D eigenvalue weighted by Crippen LogP contribution is 2.43. The fourth-order valence-electron chi connectivity index (χ4n) is 5.26. The number of carboxylic acid groups (broad SMARTS) is 1. The minimum atomic E-state index is -0.953. The molecule has 0 radical (unpaired) electrons. The first-order valence-corrected chi connectivity index (χ1v) is 13.1. The van der Waals surface area contributed by atoms with Crippen molar-refractivity contribution in [1.82, 2.24) is 5.32 Å². The second-order valence-electron chi connectivity index (χ2n) is 9.48. The van der Waals surface area contributed by atoms with E-state index in [1.165, 1.54) is 5.56 Å². The molecule has 0 aliphatic carbocycles. The van der Waals surface area contributed by atoms with Gasteiger partial charge in [-0.3, -0.25) is 9.59 Å². The van der Waals surface area contributed by atoms with Crippen LogP contribution in [-0.2, 0) is 11.2 Å². The van der Waals surface area contributed by atoms with Crippen LogP contribution in [0, 0.1) is 0 Å². The molecule has 1 heterocycles. The van der Waals surface area contributed by atoms with E-state index in [9.17, 15) is 14.7 Å². The molecule has 0 saturated carbocycles. The molecule has 3 unspecified atom stereocenters. The maximum atomic E-state index is 12.5. The van der Waals surface area contributed by atoms with Crippen LogP contribution in [0.25, 0.3) is 0 Å². The Morgan fingerprint density at radius 3 is 2.35 bits per heavy atom. The fourth-order valence-corrected chi connectivity index (χ4v) is 5.39. The van der Waals surface area contributed by atoms with Gasteiger partial charge < -0.3 is 20.4 Å². The monoisotopic (exact) mass is 520 g/mol. The van der Waals surface area contributed by atoms with Crippen molar-refractivity contribution in [2.45, 2.75) is 50.7 Å². The molecule has 3 atom stereocenters. The Morgan fingerprint density at radius 1 is 1.00 bits per heavy atom. The van der Waals surface area contributed by atoms with Crippen molar-refractivity contribution in [3.63, 3.8) is 0 Å². The van der Waals surface area contributed by atoms with Gasteiger partial charge in [-0.25, -0.2) is 0 Å². The number of aliphatic hydroxyl groups is 1. The van der Waals surface area contributed by atoms with E-state index in [4.69, 9.17) is 16.7 Å². The molecule has 3 aromatic rings. The van der Waals surface area contributed by atoms with E-state index in [2.05, 4.69) is 29.3 Å². The second kappa shape index (κ2) is 12.3. The average molecular weight is 521 g/mol. The van der Waals surface area contributed by atoms with Gasteiger partial charge in [0.25, 0.3) is 5.91 Å². The number of nitrogens with zero attached hydrogens (tertiary/aromatic N) is 1. The molecule has 194 valence electrons. The predicted octanol–water partition coefficient (Wildman–Crippen LogP) is 5.59. The van der Waals surface area contributed by atoms with E-state index in [1.54, 1.807) is 12.1 Å². The number of hydrogen-bond acceptors (Lipinski definition) is 4. The minimum absolute atomic E-state index is 0.00180. The van der Waals surface area contributed by atoms with Crippen molar-refractivity contribution in [3.05, 3.63) is 100 Å². The zero-order chi connectivity index (χ0) is 26.4. The average Bonchev–Trinajstić information content (AvgIpc) is 3.33. The number of aliphatic carboxylic acids is 1. The normalized spacial score (nSPS) is 15.1. The number of hydrogen-bond donors (Lipinski definition) is 3. The third kappa shape index (κ3) is 6.32. The number of nitrogens with one attached hydrogen (secondary N) is 1. The van der Waals surface area contributed by atoms with Gasteiger partial charge in [0.15, 0.2) is 0 Å². The van der Waals surface area contributed by atoms with Crippen molar-refractivity contribution >= 4 is 29.2 Å². The van der Waals surface area contributed by atoms with Gasteiger partial charge in [-0.1, -0.05) is 67.4 Å². The first-order chi connectivity index (χ1) is 17.9. The van der Waals surface area contributed by atoms with E-state index >= 15 is 0 Å². The van der Waals surface area contributed by atoms with Crippen LogP contribution < -0.4 is 10.2 Å². The molecule has 0 fully saturated rings. The number of halogens is 1. The smallest absolute Gasteiger partial charge is 0.305 e. The Labute approximate surface area is 222 Å². The lowest BCUT2D eigenvalue weighted by molar-refractivity contribution is -0.136.